The van der Waals surface area contributed by atoms with Gasteiger partial charge in [0.25, 0.3) is 0 Å². The molecule has 0 saturated heterocycles. The van der Waals surface area contributed by atoms with Gasteiger partial charge in [-0.25, -0.2) is 0 Å². The fraction of sp³-hybridized carbons (Fsp3) is 1.00. The van der Waals surface area contributed by atoms with E-state index in [0.29, 0.717) is 21.0 Å². The zero-order valence-corrected chi connectivity index (χ0v) is 24.1. The summed E-state index contributed by atoms with van der Waals surface area (Å²) in [6, 6.07) is 0. The van der Waals surface area contributed by atoms with Crippen LogP contribution >= 0.6 is 25.1 Å². The molecule has 3 atom stereocenters. The van der Waals surface area contributed by atoms with Crippen molar-refractivity contribution in [1.29, 1.82) is 0 Å². The lowest BCUT2D eigenvalue weighted by atomic mass is 9.90. The number of rotatable bonds is 10. The molecule has 184 valence electrons. The lowest BCUT2D eigenvalue weighted by Crippen LogP contribution is -2.29. The molecule has 0 nitrogen and oxygen atoms in total. The standard InChI is InChI=1S/C29H53P3/c30-29(21-23-32(27-15-5-6-16-27)28-17-7-8-18-28)20-9-10-24(29)19-22-31(25-11-1-2-12-25)26-13-3-4-14-26/h24-28H,1-23,30H2. The van der Waals surface area contributed by atoms with Crippen molar-refractivity contribution < 1.29 is 0 Å². The van der Waals surface area contributed by atoms with Gasteiger partial charge in [0.2, 0.25) is 0 Å². The van der Waals surface area contributed by atoms with Gasteiger partial charge < -0.3 is 0 Å². The second-order valence-electron chi connectivity index (χ2n) is 12.6. The molecular formula is C29H53P3. The summed E-state index contributed by atoms with van der Waals surface area (Å²) in [7, 11) is 4.20. The molecule has 3 unspecified atom stereocenters. The summed E-state index contributed by atoms with van der Waals surface area (Å²) in [5.41, 5.74) is 4.68. The largest absolute Gasteiger partial charge is 0.131 e. The minimum absolute atomic E-state index is 0.324. The van der Waals surface area contributed by atoms with Crippen molar-refractivity contribution in [3.63, 3.8) is 0 Å². The van der Waals surface area contributed by atoms with E-state index in [0.717, 1.165) is 5.92 Å². The van der Waals surface area contributed by atoms with Gasteiger partial charge in [0.05, 0.1) is 0 Å². The molecule has 5 fully saturated rings. The molecule has 0 bridgehead atoms. The molecule has 5 saturated carbocycles. The van der Waals surface area contributed by atoms with Crippen molar-refractivity contribution in [2.24, 2.45) is 5.92 Å². The topological polar surface area (TPSA) is 0 Å². The van der Waals surface area contributed by atoms with E-state index in [2.05, 4.69) is 9.24 Å². The molecule has 0 aliphatic heterocycles. The van der Waals surface area contributed by atoms with Crippen LogP contribution in [0, 0.1) is 5.92 Å². The highest BCUT2D eigenvalue weighted by molar-refractivity contribution is 7.59. The van der Waals surface area contributed by atoms with Gasteiger partial charge in [-0.3, -0.25) is 0 Å². The third-order valence-electron chi connectivity index (χ3n) is 10.8. The van der Waals surface area contributed by atoms with Crippen LogP contribution in [0.4, 0.5) is 0 Å². The van der Waals surface area contributed by atoms with Crippen molar-refractivity contribution in [1.82, 2.24) is 0 Å². The van der Waals surface area contributed by atoms with Gasteiger partial charge in [-0.1, -0.05) is 57.8 Å². The smallest absolute Gasteiger partial charge is 0.0118 e. The number of hydrogen-bond acceptors (Lipinski definition) is 0. The fourth-order valence-electron chi connectivity index (χ4n) is 8.84. The van der Waals surface area contributed by atoms with E-state index >= 15 is 0 Å². The third-order valence-corrected chi connectivity index (χ3v) is 19.1. The molecule has 0 amide bonds. The van der Waals surface area contributed by atoms with Crippen LogP contribution < -0.4 is 0 Å². The van der Waals surface area contributed by atoms with Crippen LogP contribution in [-0.2, 0) is 0 Å². The normalized spacial score (nSPS) is 33.7. The lowest BCUT2D eigenvalue weighted by Gasteiger charge is -2.38. The highest BCUT2D eigenvalue weighted by atomic mass is 31.1. The second-order valence-corrected chi connectivity index (χ2v) is 19.6. The molecule has 5 aliphatic rings. The SMILES string of the molecule is PC1(CCP(C2CCCC2)C2CCCC2)CCCC1CCP(C1CCCC1)C1CCCC1. The van der Waals surface area contributed by atoms with Crippen molar-refractivity contribution in [3.05, 3.63) is 0 Å². The summed E-state index contributed by atoms with van der Waals surface area (Å²) in [5.74, 6) is 1.05. The summed E-state index contributed by atoms with van der Waals surface area (Å²) in [6.07, 6.45) is 36.3. The van der Waals surface area contributed by atoms with Gasteiger partial charge in [0.1, 0.15) is 0 Å². The average molecular weight is 495 g/mol. The van der Waals surface area contributed by atoms with Crippen LogP contribution in [0.25, 0.3) is 0 Å². The van der Waals surface area contributed by atoms with Gasteiger partial charge in [0.15, 0.2) is 0 Å². The average Bonchev–Trinajstić information content (AvgIpc) is 3.61. The van der Waals surface area contributed by atoms with Gasteiger partial charge in [-0.2, -0.15) is 0 Å². The zero-order chi connectivity index (χ0) is 21.8. The van der Waals surface area contributed by atoms with Gasteiger partial charge >= 0.3 is 0 Å². The quantitative estimate of drug-likeness (QED) is 0.265. The van der Waals surface area contributed by atoms with Crippen LogP contribution in [0.3, 0.4) is 0 Å². The Morgan fingerprint density at radius 2 is 0.938 bits per heavy atom. The van der Waals surface area contributed by atoms with Crippen LogP contribution in [0.1, 0.15) is 135 Å². The van der Waals surface area contributed by atoms with Crippen LogP contribution in [0.5, 0.6) is 0 Å². The third kappa shape index (κ3) is 5.98. The first-order valence-electron chi connectivity index (χ1n) is 15.0. The summed E-state index contributed by atoms with van der Waals surface area (Å²) < 4.78 is 0. The molecule has 0 aromatic carbocycles. The van der Waals surface area contributed by atoms with Gasteiger partial charge in [-0.05, 0) is 123 Å². The summed E-state index contributed by atoms with van der Waals surface area (Å²) in [6.45, 7) is 0. The summed E-state index contributed by atoms with van der Waals surface area (Å²) in [4.78, 5) is 0. The molecule has 0 aromatic rings. The molecule has 5 rings (SSSR count). The first-order valence-corrected chi connectivity index (χ1v) is 18.9. The molecule has 0 heterocycles. The Balaban J connectivity index is 1.18. The maximum Gasteiger partial charge on any atom is -0.0118 e. The summed E-state index contributed by atoms with van der Waals surface area (Å²) >= 11 is 0. The monoisotopic (exact) mass is 494 g/mol. The zero-order valence-electron chi connectivity index (χ0n) is 21.1. The van der Waals surface area contributed by atoms with E-state index in [1.165, 1.54) is 35.5 Å². The number of hydrogen-bond donors (Lipinski definition) is 0. The van der Waals surface area contributed by atoms with Gasteiger partial charge in [-0.15, -0.1) is 25.1 Å². The second kappa shape index (κ2) is 12.0. The van der Waals surface area contributed by atoms with Crippen molar-refractivity contribution in [2.75, 3.05) is 12.3 Å². The lowest BCUT2D eigenvalue weighted by molar-refractivity contribution is 0.410. The van der Waals surface area contributed by atoms with E-state index in [9.17, 15) is 0 Å². The van der Waals surface area contributed by atoms with Crippen LogP contribution in [0.15, 0.2) is 0 Å². The molecule has 0 spiro atoms. The van der Waals surface area contributed by atoms with Crippen molar-refractivity contribution >= 4 is 25.1 Å². The maximum absolute atomic E-state index is 3.54. The highest BCUT2D eigenvalue weighted by Crippen LogP contribution is 2.61. The Kier molecular flexibility index (Phi) is 9.37. The van der Waals surface area contributed by atoms with Crippen LogP contribution in [-0.4, -0.2) is 40.1 Å². The molecule has 0 radical (unpaired) electrons. The van der Waals surface area contributed by atoms with E-state index in [4.69, 9.17) is 0 Å². The van der Waals surface area contributed by atoms with Gasteiger partial charge in [0, 0.05) is 0 Å². The molecule has 5 aliphatic carbocycles. The Morgan fingerprint density at radius 1 is 0.531 bits per heavy atom. The summed E-state index contributed by atoms with van der Waals surface area (Å²) in [5, 5.41) is 0.629. The Morgan fingerprint density at radius 3 is 1.38 bits per heavy atom. The molecule has 3 heteroatoms. The predicted molar refractivity (Wildman–Crippen MR) is 152 cm³/mol. The minimum atomic E-state index is 0.324. The molecule has 32 heavy (non-hydrogen) atoms. The predicted octanol–water partition coefficient (Wildman–Crippen LogP) is 9.91. The maximum atomic E-state index is 3.54. The van der Waals surface area contributed by atoms with E-state index < -0.39 is 0 Å². The van der Waals surface area contributed by atoms with E-state index in [-0.39, 0.29) is 0 Å². The first-order chi connectivity index (χ1) is 15.7. The molecule has 0 aromatic heterocycles. The van der Waals surface area contributed by atoms with Crippen molar-refractivity contribution in [3.8, 4) is 0 Å². The van der Waals surface area contributed by atoms with Crippen molar-refractivity contribution in [2.45, 2.75) is 163 Å². The Labute approximate surface area is 205 Å². The molecule has 0 N–H and O–H groups in total. The van der Waals surface area contributed by atoms with E-state index in [1.54, 1.807) is 134 Å². The fourth-order valence-corrected chi connectivity index (χ4v) is 17.8. The first kappa shape index (κ1) is 25.0. The minimum Gasteiger partial charge on any atom is -0.131 e. The Hall–Kier alpha value is 1.29. The molecular weight excluding hydrogens is 441 g/mol. The highest BCUT2D eigenvalue weighted by Gasteiger charge is 2.42. The van der Waals surface area contributed by atoms with E-state index in [1.807, 2.05) is 0 Å². The Bertz CT molecular complexity index is 523. The van der Waals surface area contributed by atoms with Crippen LogP contribution in [0.2, 0.25) is 0 Å².